The van der Waals surface area contributed by atoms with Gasteiger partial charge in [0.25, 0.3) is 0 Å². The maximum atomic E-state index is 12.6. The lowest BCUT2D eigenvalue weighted by Gasteiger charge is -2.24. The number of amides is 2. The normalized spacial score (nSPS) is 13.0. The second kappa shape index (κ2) is 24.2. The largest absolute Gasteiger partial charge is 0.490 e. The summed E-state index contributed by atoms with van der Waals surface area (Å²) >= 11 is 13.1. The molecular formula is C30H37I6N3O12P+. The van der Waals surface area contributed by atoms with Crippen molar-refractivity contribution in [3.63, 3.8) is 0 Å². The summed E-state index contributed by atoms with van der Waals surface area (Å²) in [4.78, 5) is 59.9. The van der Waals surface area contributed by atoms with Gasteiger partial charge in [0.15, 0.2) is 6.10 Å². The molecule has 2 rings (SSSR count). The van der Waals surface area contributed by atoms with Crippen LogP contribution >= 0.6 is 143 Å². The first-order valence-corrected chi connectivity index (χ1v) is 23.1. The third-order valence-corrected chi connectivity index (χ3v) is 11.5. The Bertz CT molecular complexity index is 1570. The Labute approximate surface area is 383 Å². The van der Waals surface area contributed by atoms with Crippen molar-refractivity contribution in [1.29, 1.82) is 0 Å². The maximum Gasteiger partial charge on any atom is 0.472 e. The molecule has 0 aliphatic rings. The minimum Gasteiger partial charge on any atom is -0.490 e. The molecule has 0 aliphatic heterocycles. The van der Waals surface area contributed by atoms with Gasteiger partial charge >= 0.3 is 19.8 Å². The zero-order valence-corrected chi connectivity index (χ0v) is 41.9. The first kappa shape index (κ1) is 48.5. The summed E-state index contributed by atoms with van der Waals surface area (Å²) in [6.07, 6.45) is -2.77. The van der Waals surface area contributed by atoms with E-state index in [-0.39, 0.29) is 32.9 Å². The molecule has 0 bridgehead atoms. The molecule has 0 heterocycles. The third kappa shape index (κ3) is 20.5. The summed E-state index contributed by atoms with van der Waals surface area (Å²) in [5, 5.41) is 5.13. The Balaban J connectivity index is 1.87. The Morgan fingerprint density at radius 2 is 1.15 bits per heavy atom. The van der Waals surface area contributed by atoms with Crippen LogP contribution in [0.2, 0.25) is 0 Å². The topological polar surface area (TPSA) is 185 Å². The lowest BCUT2D eigenvalue weighted by atomic mass is 10.3. The molecule has 3 N–H and O–H groups in total. The number of nitrogens with zero attached hydrogens (tertiary/aromatic N) is 1. The Morgan fingerprint density at radius 1 is 0.712 bits per heavy atom. The van der Waals surface area contributed by atoms with Gasteiger partial charge in [-0.3, -0.25) is 28.2 Å². The highest BCUT2D eigenvalue weighted by molar-refractivity contribution is 14.1. The number of hydrogen-bond donors (Lipinski definition) is 3. The minimum absolute atomic E-state index is 0.102. The molecule has 0 saturated heterocycles. The van der Waals surface area contributed by atoms with Crippen LogP contribution in [0.4, 0.5) is 0 Å². The molecule has 52 heavy (non-hydrogen) atoms. The number of ether oxygens (including phenoxy) is 4. The number of hydrogen-bond acceptors (Lipinski definition) is 11. The van der Waals surface area contributed by atoms with Crippen LogP contribution in [0.15, 0.2) is 24.3 Å². The van der Waals surface area contributed by atoms with E-state index in [1.165, 1.54) is 0 Å². The molecular weight excluding hydrogens is 1390 g/mol. The van der Waals surface area contributed by atoms with Crippen LogP contribution in [-0.4, -0.2) is 113 Å². The van der Waals surface area contributed by atoms with Crippen molar-refractivity contribution in [3.8, 4) is 11.5 Å². The predicted molar refractivity (Wildman–Crippen MR) is 241 cm³/mol. The van der Waals surface area contributed by atoms with Crippen LogP contribution in [0.3, 0.4) is 0 Å². The van der Waals surface area contributed by atoms with Crippen molar-refractivity contribution in [2.75, 3.05) is 73.8 Å². The molecule has 0 spiro atoms. The minimum atomic E-state index is -4.59. The number of rotatable bonds is 22. The lowest BCUT2D eigenvalue weighted by Crippen LogP contribution is -2.37. The Morgan fingerprint density at radius 3 is 1.60 bits per heavy atom. The first-order valence-electron chi connectivity index (χ1n) is 15.1. The highest BCUT2D eigenvalue weighted by Crippen LogP contribution is 2.43. The maximum absolute atomic E-state index is 12.6. The van der Waals surface area contributed by atoms with Gasteiger partial charge in [-0.05, 0) is 160 Å². The summed E-state index contributed by atoms with van der Waals surface area (Å²) in [6, 6.07) is 7.83. The number of halogens is 6. The van der Waals surface area contributed by atoms with Crippen molar-refractivity contribution >= 4 is 167 Å². The van der Waals surface area contributed by atoms with Crippen molar-refractivity contribution in [1.82, 2.24) is 10.6 Å². The highest BCUT2D eigenvalue weighted by atomic mass is 127. The number of esters is 2. The van der Waals surface area contributed by atoms with Crippen LogP contribution in [0.5, 0.6) is 11.5 Å². The first-order chi connectivity index (χ1) is 24.2. The van der Waals surface area contributed by atoms with Gasteiger partial charge in [-0.15, -0.1) is 0 Å². The number of benzene rings is 2. The number of phosphoric acid groups is 1. The number of carbonyl (C=O) groups excluding carboxylic acids is 4. The fourth-order valence-electron chi connectivity index (χ4n) is 3.63. The molecule has 1 unspecified atom stereocenters. The fourth-order valence-corrected chi connectivity index (χ4v) is 12.2. The van der Waals surface area contributed by atoms with Crippen LogP contribution < -0.4 is 20.1 Å². The van der Waals surface area contributed by atoms with Crippen LogP contribution in [-0.2, 0) is 42.3 Å². The number of likely N-dealkylation sites (N-methyl/N-ethyl adjacent to an activating group) is 1. The molecule has 2 aromatic carbocycles. The zero-order chi connectivity index (χ0) is 39.1. The average Bonchev–Trinajstić information content (AvgIpc) is 2.99. The van der Waals surface area contributed by atoms with Gasteiger partial charge in [0.05, 0.1) is 55.1 Å². The van der Waals surface area contributed by atoms with E-state index in [1.54, 1.807) is 0 Å². The number of phosphoric ester groups is 1. The number of carbonyl (C=O) groups is 4. The summed E-state index contributed by atoms with van der Waals surface area (Å²) in [6.45, 7) is -0.524. The molecule has 2 amide bonds. The van der Waals surface area contributed by atoms with Gasteiger partial charge < -0.3 is 39.0 Å². The van der Waals surface area contributed by atoms with Gasteiger partial charge in [-0.2, -0.15) is 0 Å². The molecule has 0 aliphatic carbocycles. The summed E-state index contributed by atoms with van der Waals surface area (Å²) in [5.41, 5.74) is 0. The van der Waals surface area contributed by atoms with E-state index in [9.17, 15) is 28.6 Å². The second-order valence-electron chi connectivity index (χ2n) is 11.6. The van der Waals surface area contributed by atoms with E-state index in [1.807, 2.05) is 45.4 Å². The zero-order valence-electron chi connectivity index (χ0n) is 28.1. The quantitative estimate of drug-likeness (QED) is 0.0356. The molecule has 15 nitrogen and oxygen atoms in total. The second-order valence-corrected chi connectivity index (χ2v) is 20.1. The monoisotopic (exact) mass is 1420 g/mol. The van der Waals surface area contributed by atoms with E-state index in [4.69, 9.17) is 28.0 Å². The summed E-state index contributed by atoms with van der Waals surface area (Å²) in [5.74, 6) is -1.90. The highest BCUT2D eigenvalue weighted by Gasteiger charge is 2.28. The number of quaternary nitrogens is 1. The SMILES string of the molecule is C[N+](C)(C)CCOP(=O)(O)OC[C@@H](COC(=O)CC(=O)NCCOc1c(I)cc(I)cc1I)OC(=O)CC(=O)NCCOc1c(I)cc(I)cc1I. The van der Waals surface area contributed by atoms with Crippen molar-refractivity contribution in [2.24, 2.45) is 0 Å². The fraction of sp³-hybridized carbons (Fsp3) is 0.467. The van der Waals surface area contributed by atoms with Crippen molar-refractivity contribution in [3.05, 3.63) is 45.7 Å². The Kier molecular flexibility index (Phi) is 22.6. The van der Waals surface area contributed by atoms with Crippen LogP contribution in [0, 0.1) is 21.4 Å². The van der Waals surface area contributed by atoms with Crippen LogP contribution in [0.1, 0.15) is 12.8 Å². The van der Waals surface area contributed by atoms with Crippen LogP contribution in [0.25, 0.3) is 0 Å². The standard InChI is InChI=1S/C30H36I6N3O12P/c1-39(2,3)6-9-49-52(44,45)50-17-20(51-28(43)15-26(41)38-5-8-47-30-23(35)12-19(32)13-24(30)36)16-48-27(42)14-25(40)37-4-7-46-29-21(33)10-18(31)11-22(29)34/h10-13,20H,4-9,14-17H2,1-3H3,(H2-,37,38,40,41,44,45)/p+1/t20-/m1/s1. The van der Waals surface area contributed by atoms with Gasteiger partial charge in [0.2, 0.25) is 11.8 Å². The summed E-state index contributed by atoms with van der Waals surface area (Å²) < 4.78 is 50.6. The van der Waals surface area contributed by atoms with Gasteiger partial charge in [-0.1, -0.05) is 0 Å². The molecule has 2 atom stereocenters. The predicted octanol–water partition coefficient (Wildman–Crippen LogP) is 5.08. The molecule has 290 valence electrons. The van der Waals surface area contributed by atoms with E-state index >= 15 is 0 Å². The molecule has 22 heteroatoms. The molecule has 0 fully saturated rings. The van der Waals surface area contributed by atoms with E-state index in [0.717, 1.165) is 21.4 Å². The molecule has 2 aromatic rings. The third-order valence-electron chi connectivity index (χ3n) is 6.05. The summed E-state index contributed by atoms with van der Waals surface area (Å²) in [7, 11) is 1.01. The Hall–Kier alpha value is 0.370. The van der Waals surface area contributed by atoms with Gasteiger partial charge in [0, 0.05) is 7.14 Å². The van der Waals surface area contributed by atoms with Crippen molar-refractivity contribution in [2.45, 2.75) is 18.9 Å². The smallest absolute Gasteiger partial charge is 0.472 e. The average molecular weight is 1420 g/mol. The van der Waals surface area contributed by atoms with E-state index in [2.05, 4.69) is 146 Å². The number of nitrogens with one attached hydrogen (secondary N) is 2. The van der Waals surface area contributed by atoms with Gasteiger partial charge in [0.1, 0.15) is 57.3 Å². The van der Waals surface area contributed by atoms with E-state index in [0.29, 0.717) is 22.5 Å². The molecule has 0 saturated carbocycles. The van der Waals surface area contributed by atoms with E-state index < -0.39 is 63.7 Å². The molecule has 0 radical (unpaired) electrons. The van der Waals surface area contributed by atoms with Crippen molar-refractivity contribution < 1.29 is 61.1 Å². The van der Waals surface area contributed by atoms with Gasteiger partial charge in [-0.25, -0.2) is 4.57 Å². The molecule has 0 aromatic heterocycles. The lowest BCUT2D eigenvalue weighted by molar-refractivity contribution is -0.870.